The van der Waals surface area contributed by atoms with E-state index in [2.05, 4.69) is 33.0 Å². The monoisotopic (exact) mass is 482 g/mol. The van der Waals surface area contributed by atoms with Gasteiger partial charge in [-0.25, -0.2) is 5.43 Å². The lowest BCUT2D eigenvalue weighted by molar-refractivity contribution is -0.120. The zero-order valence-electron chi connectivity index (χ0n) is 15.4. The van der Waals surface area contributed by atoms with E-state index >= 15 is 0 Å². The van der Waals surface area contributed by atoms with E-state index < -0.39 is 0 Å². The van der Waals surface area contributed by atoms with Crippen molar-refractivity contribution in [3.8, 4) is 11.5 Å². The molecule has 2 aromatic carbocycles. The van der Waals surface area contributed by atoms with Crippen LogP contribution in [0.3, 0.4) is 0 Å². The van der Waals surface area contributed by atoms with E-state index in [1.165, 1.54) is 11.8 Å². The number of benzene rings is 2. The molecule has 2 aromatic rings. The fourth-order valence-electron chi connectivity index (χ4n) is 2.13. The molecule has 1 atom stereocenters. The van der Waals surface area contributed by atoms with Gasteiger partial charge >= 0.3 is 0 Å². The highest BCUT2D eigenvalue weighted by atomic mass is 79.9. The summed E-state index contributed by atoms with van der Waals surface area (Å²) in [5.41, 5.74) is 3.29. The number of rotatable bonds is 9. The first-order valence-electron chi connectivity index (χ1n) is 8.31. The summed E-state index contributed by atoms with van der Waals surface area (Å²) in [6, 6.07) is 10.9. The maximum atomic E-state index is 12.2. The third-order valence-electron chi connectivity index (χ3n) is 3.48. The molecule has 0 saturated heterocycles. The van der Waals surface area contributed by atoms with E-state index in [0.29, 0.717) is 27.6 Å². The summed E-state index contributed by atoms with van der Waals surface area (Å²) in [7, 11) is 1.56. The van der Waals surface area contributed by atoms with Gasteiger partial charge in [0.25, 0.3) is 5.91 Å². The van der Waals surface area contributed by atoms with Gasteiger partial charge in [0.2, 0.25) is 0 Å². The molecule has 0 aliphatic heterocycles. The van der Waals surface area contributed by atoms with E-state index in [1.54, 1.807) is 37.6 Å². The summed E-state index contributed by atoms with van der Waals surface area (Å²) < 4.78 is 11.7. The zero-order valence-corrected chi connectivity index (χ0v) is 18.6. The molecule has 148 valence electrons. The topological polar surface area (TPSA) is 59.9 Å². The molecule has 0 radical (unpaired) electrons. The van der Waals surface area contributed by atoms with Crippen LogP contribution >= 0.6 is 39.3 Å². The van der Waals surface area contributed by atoms with Gasteiger partial charge in [-0.05, 0) is 64.8 Å². The normalized spacial score (nSPS) is 11.9. The number of carbonyl (C=O) groups excluding carboxylic acids is 1. The lowest BCUT2D eigenvalue weighted by Gasteiger charge is -2.12. The largest absolute Gasteiger partial charge is 0.493 e. The number of hydrogen-bond donors (Lipinski definition) is 1. The maximum Gasteiger partial charge on any atom is 0.253 e. The Morgan fingerprint density at radius 3 is 2.75 bits per heavy atom. The molecule has 1 N–H and O–H groups in total. The summed E-state index contributed by atoms with van der Waals surface area (Å²) in [6.07, 6.45) is 3.20. The first-order chi connectivity index (χ1) is 13.4. The highest BCUT2D eigenvalue weighted by Crippen LogP contribution is 2.36. The molecule has 0 aromatic heterocycles. The molecule has 0 spiro atoms. The van der Waals surface area contributed by atoms with Crippen LogP contribution in [0.2, 0.25) is 5.02 Å². The Morgan fingerprint density at radius 1 is 1.39 bits per heavy atom. The molecule has 5 nitrogen and oxygen atoms in total. The number of thioether (sulfide) groups is 1. The van der Waals surface area contributed by atoms with Crippen LogP contribution in [-0.2, 0) is 4.79 Å². The Bertz CT molecular complexity index is 859. The van der Waals surface area contributed by atoms with Crippen molar-refractivity contribution in [2.75, 3.05) is 13.7 Å². The number of carbonyl (C=O) groups is 1. The second-order valence-corrected chi connectivity index (χ2v) is 8.29. The maximum absolute atomic E-state index is 12.2. The number of hydrazone groups is 1. The van der Waals surface area contributed by atoms with Gasteiger partial charge < -0.3 is 9.47 Å². The fraction of sp³-hybridized carbons (Fsp3) is 0.200. The smallest absolute Gasteiger partial charge is 0.253 e. The molecular weight excluding hydrogens is 464 g/mol. The van der Waals surface area contributed by atoms with E-state index in [1.807, 2.05) is 25.1 Å². The number of amides is 1. The Labute approximate surface area is 182 Å². The molecule has 0 bridgehead atoms. The second kappa shape index (κ2) is 11.1. The van der Waals surface area contributed by atoms with Crippen LogP contribution < -0.4 is 14.9 Å². The standard InChI is InChI=1S/C20H20BrClN2O3S/c1-4-9-27-19-17(21)10-14(11-18(19)26-3)12-23-24-20(25)13(2)28-16-7-5-15(22)6-8-16/h4-8,10-13H,1,9H2,2-3H3,(H,24,25)/b23-12+. The molecular formula is C20H20BrClN2O3S. The molecule has 8 heteroatoms. The summed E-state index contributed by atoms with van der Waals surface area (Å²) in [5, 5.41) is 4.38. The van der Waals surface area contributed by atoms with E-state index in [4.69, 9.17) is 21.1 Å². The van der Waals surface area contributed by atoms with Gasteiger partial charge in [0.05, 0.1) is 23.0 Å². The Kier molecular flexibility index (Phi) is 8.89. The summed E-state index contributed by atoms with van der Waals surface area (Å²) in [5.74, 6) is 0.931. The van der Waals surface area contributed by atoms with Gasteiger partial charge in [-0.3, -0.25) is 4.79 Å². The molecule has 0 heterocycles. The lowest BCUT2D eigenvalue weighted by atomic mass is 10.2. The summed E-state index contributed by atoms with van der Waals surface area (Å²) in [4.78, 5) is 13.2. The number of hydrogen-bond acceptors (Lipinski definition) is 5. The van der Waals surface area contributed by atoms with Crippen LogP contribution in [0.4, 0.5) is 0 Å². The Hall–Kier alpha value is -1.96. The molecule has 0 aliphatic rings. The average molecular weight is 484 g/mol. The number of methoxy groups -OCH3 is 1. The van der Waals surface area contributed by atoms with Crippen LogP contribution in [0.5, 0.6) is 11.5 Å². The van der Waals surface area contributed by atoms with Crippen molar-refractivity contribution in [1.82, 2.24) is 5.43 Å². The van der Waals surface area contributed by atoms with Crippen LogP contribution in [0.15, 0.2) is 63.5 Å². The highest BCUT2D eigenvalue weighted by molar-refractivity contribution is 9.10. The first-order valence-corrected chi connectivity index (χ1v) is 10.4. The molecule has 0 saturated carbocycles. The van der Waals surface area contributed by atoms with Gasteiger partial charge in [-0.15, -0.1) is 11.8 Å². The molecule has 1 unspecified atom stereocenters. The number of ether oxygens (including phenoxy) is 2. The highest BCUT2D eigenvalue weighted by Gasteiger charge is 2.14. The Balaban J connectivity index is 1.99. The van der Waals surface area contributed by atoms with Crippen LogP contribution in [0.25, 0.3) is 0 Å². The second-order valence-electron chi connectivity index (χ2n) is 5.58. The zero-order chi connectivity index (χ0) is 20.5. The van der Waals surface area contributed by atoms with Gasteiger partial charge in [0.15, 0.2) is 11.5 Å². The summed E-state index contributed by atoms with van der Waals surface area (Å²) in [6.45, 7) is 5.81. The van der Waals surface area contributed by atoms with Crippen molar-refractivity contribution >= 4 is 51.4 Å². The van der Waals surface area contributed by atoms with E-state index in [-0.39, 0.29) is 11.2 Å². The van der Waals surface area contributed by atoms with Crippen molar-refractivity contribution in [3.63, 3.8) is 0 Å². The minimum Gasteiger partial charge on any atom is -0.493 e. The van der Waals surface area contributed by atoms with Crippen LogP contribution in [0, 0.1) is 0 Å². The molecule has 2 rings (SSSR count). The fourth-order valence-corrected chi connectivity index (χ4v) is 3.69. The number of nitrogens with one attached hydrogen (secondary N) is 1. The minimum atomic E-state index is -0.311. The van der Waals surface area contributed by atoms with Crippen molar-refractivity contribution in [2.45, 2.75) is 17.1 Å². The molecule has 1 amide bonds. The predicted molar refractivity (Wildman–Crippen MR) is 119 cm³/mol. The SMILES string of the molecule is C=CCOc1c(Br)cc(/C=N/NC(=O)C(C)Sc2ccc(Cl)cc2)cc1OC. The molecule has 0 aliphatic carbocycles. The van der Waals surface area contributed by atoms with Gasteiger partial charge in [0, 0.05) is 9.92 Å². The molecule has 0 fully saturated rings. The molecule has 28 heavy (non-hydrogen) atoms. The quantitative estimate of drug-likeness (QED) is 0.227. The third kappa shape index (κ3) is 6.58. The van der Waals surface area contributed by atoms with Gasteiger partial charge in [-0.2, -0.15) is 5.10 Å². The van der Waals surface area contributed by atoms with Crippen LogP contribution in [-0.4, -0.2) is 31.1 Å². The first kappa shape index (κ1) is 22.3. The van der Waals surface area contributed by atoms with Gasteiger partial charge in [-0.1, -0.05) is 24.3 Å². The van der Waals surface area contributed by atoms with Crippen molar-refractivity contribution < 1.29 is 14.3 Å². The third-order valence-corrected chi connectivity index (χ3v) is 5.43. The van der Waals surface area contributed by atoms with Crippen molar-refractivity contribution in [3.05, 3.63) is 64.1 Å². The number of halogens is 2. The van der Waals surface area contributed by atoms with E-state index in [9.17, 15) is 4.79 Å². The summed E-state index contributed by atoms with van der Waals surface area (Å²) >= 11 is 10.8. The van der Waals surface area contributed by atoms with Crippen molar-refractivity contribution in [2.24, 2.45) is 5.10 Å². The average Bonchev–Trinajstić information content (AvgIpc) is 2.68. The van der Waals surface area contributed by atoms with Crippen LogP contribution in [0.1, 0.15) is 12.5 Å². The van der Waals surface area contributed by atoms with Crippen molar-refractivity contribution in [1.29, 1.82) is 0 Å². The number of nitrogens with zero attached hydrogens (tertiary/aromatic N) is 1. The van der Waals surface area contributed by atoms with E-state index in [0.717, 1.165) is 10.5 Å². The van der Waals surface area contributed by atoms with Gasteiger partial charge in [0.1, 0.15) is 6.61 Å². The minimum absolute atomic E-state index is 0.201. The lowest BCUT2D eigenvalue weighted by Crippen LogP contribution is -2.26. The predicted octanol–water partition coefficient (Wildman–Crippen LogP) is 5.31. The Morgan fingerprint density at radius 2 is 2.11 bits per heavy atom.